The summed E-state index contributed by atoms with van der Waals surface area (Å²) in [6, 6.07) is 5.10. The minimum atomic E-state index is -0.597. The molecule has 0 saturated carbocycles. The van der Waals surface area contributed by atoms with Crippen molar-refractivity contribution in [3.8, 4) is 27.6 Å². The summed E-state index contributed by atoms with van der Waals surface area (Å²) in [5.74, 6) is -0.368. The van der Waals surface area contributed by atoms with Crippen LogP contribution < -0.4 is 11.1 Å². The van der Waals surface area contributed by atoms with Gasteiger partial charge in [-0.3, -0.25) is 19.5 Å². The van der Waals surface area contributed by atoms with E-state index >= 15 is 0 Å². The monoisotopic (exact) mass is 491 g/mol. The number of fused-ring (bicyclic) bond motifs is 1. The Hall–Kier alpha value is -3.83. The average Bonchev–Trinajstić information content (AvgIpc) is 3.48. The summed E-state index contributed by atoms with van der Waals surface area (Å²) in [4.78, 5) is 36.8. The molecule has 2 amide bonds. The van der Waals surface area contributed by atoms with Gasteiger partial charge >= 0.3 is 0 Å². The molecular formula is C24H25N7O3S. The van der Waals surface area contributed by atoms with Crippen molar-refractivity contribution >= 4 is 33.7 Å². The first-order valence-corrected chi connectivity index (χ1v) is 12.0. The maximum absolute atomic E-state index is 13.0. The number of aromatic hydroxyl groups is 1. The summed E-state index contributed by atoms with van der Waals surface area (Å²) in [5, 5.41) is 17.9. The lowest BCUT2D eigenvalue weighted by Crippen LogP contribution is -2.37. The lowest BCUT2D eigenvalue weighted by molar-refractivity contribution is -0.119. The molecule has 10 nitrogen and oxygen atoms in total. The van der Waals surface area contributed by atoms with E-state index in [9.17, 15) is 14.7 Å². The lowest BCUT2D eigenvalue weighted by atomic mass is 10.1. The Morgan fingerprint density at radius 2 is 2.06 bits per heavy atom. The maximum atomic E-state index is 13.0. The van der Waals surface area contributed by atoms with Crippen molar-refractivity contribution in [3.63, 3.8) is 0 Å². The predicted molar refractivity (Wildman–Crippen MR) is 133 cm³/mol. The summed E-state index contributed by atoms with van der Waals surface area (Å²) in [5.41, 5.74) is 8.89. The average molecular weight is 492 g/mol. The Morgan fingerprint density at radius 3 is 2.74 bits per heavy atom. The summed E-state index contributed by atoms with van der Waals surface area (Å²) in [6.07, 6.45) is 5.34. The number of hydrogen-bond donors (Lipinski definition) is 3. The van der Waals surface area contributed by atoms with Crippen LogP contribution in [0.1, 0.15) is 29.4 Å². The first kappa shape index (κ1) is 22.9. The number of nitrogens with one attached hydrogen (secondary N) is 1. The number of amides is 2. The third-order valence-corrected chi connectivity index (χ3v) is 7.52. The summed E-state index contributed by atoms with van der Waals surface area (Å²) in [7, 11) is 1.95. The van der Waals surface area contributed by atoms with E-state index in [1.807, 2.05) is 20.0 Å². The number of nitrogens with zero attached hydrogens (tertiary/aromatic N) is 5. The van der Waals surface area contributed by atoms with Gasteiger partial charge in [0.1, 0.15) is 4.83 Å². The molecule has 1 fully saturated rings. The van der Waals surface area contributed by atoms with Gasteiger partial charge in [-0.15, -0.1) is 11.3 Å². The van der Waals surface area contributed by atoms with Gasteiger partial charge in [0.05, 0.1) is 45.8 Å². The zero-order chi connectivity index (χ0) is 24.9. The normalized spacial score (nSPS) is 18.3. The van der Waals surface area contributed by atoms with Crippen LogP contribution in [-0.4, -0.2) is 61.0 Å². The number of carbonyl (C=O) groups is 2. The molecule has 0 spiro atoms. The number of hydrogen-bond acceptors (Lipinski definition) is 8. The van der Waals surface area contributed by atoms with E-state index in [2.05, 4.69) is 32.2 Å². The van der Waals surface area contributed by atoms with Gasteiger partial charge in [-0.2, -0.15) is 5.10 Å². The second-order valence-corrected chi connectivity index (χ2v) is 9.94. The highest BCUT2D eigenvalue weighted by Crippen LogP contribution is 2.44. The number of aryl methyl sites for hydroxylation is 1. The van der Waals surface area contributed by atoms with Crippen molar-refractivity contribution in [3.05, 3.63) is 48.0 Å². The van der Waals surface area contributed by atoms with E-state index in [4.69, 9.17) is 5.73 Å². The van der Waals surface area contributed by atoms with E-state index in [0.717, 1.165) is 13.0 Å². The van der Waals surface area contributed by atoms with Crippen LogP contribution in [0.15, 0.2) is 36.8 Å². The highest BCUT2D eigenvalue weighted by Gasteiger charge is 2.32. The number of carbonyl (C=O) groups excluding carboxylic acids is 2. The summed E-state index contributed by atoms with van der Waals surface area (Å²) < 4.78 is 1.62. The second kappa shape index (κ2) is 8.75. The second-order valence-electron chi connectivity index (χ2n) is 8.94. The van der Waals surface area contributed by atoms with Crippen molar-refractivity contribution in [2.24, 2.45) is 11.7 Å². The van der Waals surface area contributed by atoms with E-state index in [0.29, 0.717) is 43.8 Å². The van der Waals surface area contributed by atoms with Crippen molar-refractivity contribution in [1.29, 1.82) is 0 Å². The van der Waals surface area contributed by atoms with Gasteiger partial charge in [0.15, 0.2) is 0 Å². The molecular weight excluding hydrogens is 466 g/mol. The van der Waals surface area contributed by atoms with Crippen LogP contribution in [0.5, 0.6) is 5.88 Å². The topological polar surface area (TPSA) is 139 Å². The Bertz CT molecular complexity index is 1460. The third-order valence-electron chi connectivity index (χ3n) is 6.32. The number of thiazole rings is 1. The van der Waals surface area contributed by atoms with Crippen LogP contribution in [0.25, 0.3) is 26.5 Å². The van der Waals surface area contributed by atoms with Crippen molar-refractivity contribution in [2.75, 3.05) is 18.9 Å². The number of likely N-dealkylation sites (N-methyl/N-ethyl adjacent to an activating group) is 1. The smallest absolute Gasteiger partial charge is 0.253 e. The van der Waals surface area contributed by atoms with Gasteiger partial charge in [-0.1, -0.05) is 6.92 Å². The molecule has 35 heavy (non-hydrogen) atoms. The molecule has 180 valence electrons. The van der Waals surface area contributed by atoms with Crippen LogP contribution in [0.2, 0.25) is 0 Å². The molecule has 1 unspecified atom stereocenters. The number of rotatable bonds is 5. The van der Waals surface area contributed by atoms with Crippen LogP contribution in [0.3, 0.4) is 0 Å². The van der Waals surface area contributed by atoms with Crippen LogP contribution in [0, 0.1) is 12.8 Å². The molecule has 4 aromatic rings. The molecule has 4 N–H and O–H groups in total. The molecule has 0 radical (unpaired) electrons. The minimum Gasteiger partial charge on any atom is -0.493 e. The van der Waals surface area contributed by atoms with Crippen LogP contribution in [-0.2, 0) is 4.79 Å². The Labute approximate surface area is 205 Å². The predicted octanol–water partition coefficient (Wildman–Crippen LogP) is 2.91. The molecule has 4 aromatic heterocycles. The van der Waals surface area contributed by atoms with E-state index in [1.54, 1.807) is 22.8 Å². The van der Waals surface area contributed by atoms with Crippen molar-refractivity contribution < 1.29 is 14.7 Å². The number of nitrogens with two attached hydrogens (primary N) is 1. The summed E-state index contributed by atoms with van der Waals surface area (Å²) in [6.45, 7) is 4.86. The SMILES string of the molecule is Cc1ncc(NC(=O)C2C[C@H](C)CN2C)cc1-c1c(-c2cccnc2O)sc2c(C(N)=O)cnn12. The minimum absolute atomic E-state index is 0.0795. The lowest BCUT2D eigenvalue weighted by Gasteiger charge is -2.19. The van der Waals surface area contributed by atoms with Crippen LogP contribution >= 0.6 is 11.3 Å². The fraction of sp³-hybridized carbons (Fsp3) is 0.292. The first-order valence-electron chi connectivity index (χ1n) is 11.2. The van der Waals surface area contributed by atoms with Crippen molar-refractivity contribution in [1.82, 2.24) is 24.5 Å². The number of anilines is 1. The maximum Gasteiger partial charge on any atom is 0.253 e. The molecule has 2 atom stereocenters. The van der Waals surface area contributed by atoms with E-state index in [-0.39, 0.29) is 23.4 Å². The Morgan fingerprint density at radius 1 is 1.26 bits per heavy atom. The number of pyridine rings is 2. The molecule has 1 aliphatic heterocycles. The molecule has 0 bridgehead atoms. The number of primary amides is 1. The van der Waals surface area contributed by atoms with Crippen LogP contribution in [0.4, 0.5) is 5.69 Å². The first-order chi connectivity index (χ1) is 16.7. The Kier molecular flexibility index (Phi) is 5.73. The third kappa shape index (κ3) is 4.02. The highest BCUT2D eigenvalue weighted by molar-refractivity contribution is 7.21. The van der Waals surface area contributed by atoms with Crippen molar-refractivity contribution in [2.45, 2.75) is 26.3 Å². The zero-order valence-electron chi connectivity index (χ0n) is 19.5. The van der Waals surface area contributed by atoms with Gasteiger partial charge < -0.3 is 16.2 Å². The van der Waals surface area contributed by atoms with E-state index < -0.39 is 5.91 Å². The van der Waals surface area contributed by atoms with Gasteiger partial charge in [0.2, 0.25) is 11.8 Å². The number of likely N-dealkylation sites (tertiary alicyclic amines) is 1. The summed E-state index contributed by atoms with van der Waals surface area (Å²) >= 11 is 1.27. The molecule has 1 aliphatic rings. The fourth-order valence-electron chi connectivity index (χ4n) is 4.63. The quantitative estimate of drug-likeness (QED) is 0.390. The van der Waals surface area contributed by atoms with E-state index in [1.165, 1.54) is 23.7 Å². The van der Waals surface area contributed by atoms with Gasteiger partial charge in [0.25, 0.3) is 5.91 Å². The molecule has 0 aliphatic carbocycles. The van der Waals surface area contributed by atoms with Gasteiger partial charge in [-0.25, -0.2) is 9.50 Å². The standard InChI is InChI=1S/C24H25N7O3S/c1-12-7-18(30(3)11-12)23(34)29-14-8-16(13(2)27-9-14)19-20(15-5-4-6-26-22(15)33)35-24-17(21(25)32)10-28-31(19)24/h4-6,8-10,12,18H,7,11H2,1-3H3,(H2,25,32)(H,26,33)(H,29,34)/t12-,18?/m0/s1. The number of aromatic nitrogens is 4. The molecule has 5 rings (SSSR count). The molecule has 11 heteroatoms. The molecule has 1 saturated heterocycles. The largest absolute Gasteiger partial charge is 0.493 e. The zero-order valence-corrected chi connectivity index (χ0v) is 20.3. The van der Waals surface area contributed by atoms with Gasteiger partial charge in [0, 0.05) is 24.0 Å². The molecule has 5 heterocycles. The molecule has 0 aromatic carbocycles. The highest BCUT2D eigenvalue weighted by atomic mass is 32.1. The Balaban J connectivity index is 1.63. The fourth-order valence-corrected chi connectivity index (χ4v) is 5.87. The van der Waals surface area contributed by atoms with Gasteiger partial charge in [-0.05, 0) is 44.5 Å².